The van der Waals surface area contributed by atoms with E-state index in [1.807, 2.05) is 0 Å². The minimum absolute atomic E-state index is 0.0750. The summed E-state index contributed by atoms with van der Waals surface area (Å²) in [7, 11) is 2.93. The molecule has 0 aromatic heterocycles. The first-order chi connectivity index (χ1) is 13.3. The fourth-order valence-corrected chi connectivity index (χ4v) is 3.08. The Labute approximate surface area is 173 Å². The minimum Gasteiger partial charge on any atom is -0.493 e. The lowest BCUT2D eigenvalue weighted by Crippen LogP contribution is -2.14. The van der Waals surface area contributed by atoms with Crippen LogP contribution in [0.15, 0.2) is 40.4 Å². The van der Waals surface area contributed by atoms with Gasteiger partial charge in [0.2, 0.25) is 0 Å². The van der Waals surface area contributed by atoms with E-state index in [1.54, 1.807) is 18.2 Å². The van der Waals surface area contributed by atoms with Gasteiger partial charge in [-0.1, -0.05) is 11.6 Å². The van der Waals surface area contributed by atoms with Crippen LogP contribution < -0.4 is 14.8 Å². The van der Waals surface area contributed by atoms with Crippen LogP contribution in [0.2, 0.25) is 5.02 Å². The number of halogens is 2. The zero-order chi connectivity index (χ0) is 20.8. The number of nitrogens with zero attached hydrogens (tertiary/aromatic N) is 2. The standard InChI is InChI=1S/C18H13BrClN3O5/c1-27-16-7-10(6-13(19)17(16)28-2)5-11(9-21)18(24)22-14-4-3-12(20)8-15(14)23(25)26/h3-8H,1-2H3,(H,22,24)/b11-5+. The average molecular weight is 467 g/mol. The van der Waals surface area contributed by atoms with Crippen LogP contribution in [0.3, 0.4) is 0 Å². The van der Waals surface area contributed by atoms with E-state index in [0.29, 0.717) is 21.5 Å². The highest BCUT2D eigenvalue weighted by molar-refractivity contribution is 9.10. The van der Waals surface area contributed by atoms with Crippen molar-refractivity contribution in [2.75, 3.05) is 19.5 Å². The maximum Gasteiger partial charge on any atom is 0.294 e. The Morgan fingerprint density at radius 1 is 1.32 bits per heavy atom. The number of carbonyl (C=O) groups is 1. The van der Waals surface area contributed by atoms with Gasteiger partial charge in [0.25, 0.3) is 11.6 Å². The molecule has 1 amide bonds. The number of nitro benzene ring substituents is 1. The van der Waals surface area contributed by atoms with E-state index in [1.165, 1.54) is 32.4 Å². The van der Waals surface area contributed by atoms with Crippen molar-refractivity contribution in [2.45, 2.75) is 0 Å². The van der Waals surface area contributed by atoms with Crippen molar-refractivity contribution in [3.8, 4) is 17.6 Å². The lowest BCUT2D eigenvalue weighted by molar-refractivity contribution is -0.383. The van der Waals surface area contributed by atoms with Gasteiger partial charge in [-0.05, 0) is 51.8 Å². The van der Waals surface area contributed by atoms with Gasteiger partial charge in [-0.2, -0.15) is 5.26 Å². The Bertz CT molecular complexity index is 1020. The minimum atomic E-state index is -0.807. The number of amides is 1. The third-order valence-electron chi connectivity index (χ3n) is 3.54. The molecule has 28 heavy (non-hydrogen) atoms. The van der Waals surface area contributed by atoms with Crippen molar-refractivity contribution in [3.05, 3.63) is 61.1 Å². The van der Waals surface area contributed by atoms with Gasteiger partial charge < -0.3 is 14.8 Å². The van der Waals surface area contributed by atoms with Crippen molar-refractivity contribution in [1.82, 2.24) is 0 Å². The largest absolute Gasteiger partial charge is 0.493 e. The molecule has 0 aliphatic heterocycles. The van der Waals surface area contributed by atoms with Crippen LogP contribution in [0.25, 0.3) is 6.08 Å². The van der Waals surface area contributed by atoms with Gasteiger partial charge >= 0.3 is 0 Å². The van der Waals surface area contributed by atoms with Crippen LogP contribution in [0.5, 0.6) is 11.5 Å². The zero-order valence-electron chi connectivity index (χ0n) is 14.7. The third-order valence-corrected chi connectivity index (χ3v) is 4.36. The van der Waals surface area contributed by atoms with Crippen molar-refractivity contribution in [1.29, 1.82) is 5.26 Å². The average Bonchev–Trinajstić information content (AvgIpc) is 2.66. The van der Waals surface area contributed by atoms with Crippen molar-refractivity contribution in [2.24, 2.45) is 0 Å². The van der Waals surface area contributed by atoms with E-state index in [-0.39, 0.29) is 22.0 Å². The SMILES string of the molecule is COc1cc(/C=C(\C#N)C(=O)Nc2ccc(Cl)cc2[N+](=O)[O-])cc(Br)c1OC. The summed E-state index contributed by atoms with van der Waals surface area (Å²) in [5.41, 5.74) is -0.230. The topological polar surface area (TPSA) is 114 Å². The molecule has 8 nitrogen and oxygen atoms in total. The summed E-state index contributed by atoms with van der Waals surface area (Å²) in [6, 6.07) is 8.80. The number of methoxy groups -OCH3 is 2. The summed E-state index contributed by atoms with van der Waals surface area (Å²) in [5.74, 6) is 0.0485. The van der Waals surface area contributed by atoms with Crippen LogP contribution in [0, 0.1) is 21.4 Å². The molecular formula is C18H13BrClN3O5. The van der Waals surface area contributed by atoms with Crippen molar-refractivity contribution >= 4 is 50.9 Å². The van der Waals surface area contributed by atoms with Crippen LogP contribution in [0.4, 0.5) is 11.4 Å². The van der Waals surface area contributed by atoms with Gasteiger partial charge in [-0.15, -0.1) is 0 Å². The highest BCUT2D eigenvalue weighted by Gasteiger charge is 2.19. The molecule has 0 atom stereocenters. The molecular weight excluding hydrogens is 454 g/mol. The van der Waals surface area contributed by atoms with E-state index in [4.69, 9.17) is 21.1 Å². The predicted octanol–water partition coefficient (Wildman–Crippen LogP) is 4.57. The number of benzene rings is 2. The molecule has 2 aromatic carbocycles. The summed E-state index contributed by atoms with van der Waals surface area (Å²) < 4.78 is 11.0. The smallest absolute Gasteiger partial charge is 0.294 e. The molecule has 0 bridgehead atoms. The third kappa shape index (κ3) is 4.79. The van der Waals surface area contributed by atoms with E-state index in [9.17, 15) is 20.2 Å². The second-order valence-corrected chi connectivity index (χ2v) is 6.57. The van der Waals surface area contributed by atoms with Gasteiger partial charge in [0.15, 0.2) is 11.5 Å². The molecule has 144 valence electrons. The van der Waals surface area contributed by atoms with E-state index >= 15 is 0 Å². The zero-order valence-corrected chi connectivity index (χ0v) is 17.0. The van der Waals surface area contributed by atoms with Gasteiger partial charge in [-0.25, -0.2) is 0 Å². The molecule has 2 aromatic rings. The molecule has 0 saturated carbocycles. The summed E-state index contributed by atoms with van der Waals surface area (Å²) in [5, 5.41) is 23.0. The Morgan fingerprint density at radius 3 is 2.61 bits per heavy atom. The maximum atomic E-state index is 12.4. The molecule has 0 saturated heterocycles. The molecule has 0 heterocycles. The van der Waals surface area contributed by atoms with Gasteiger partial charge in [-0.3, -0.25) is 14.9 Å². The Balaban J connectivity index is 2.39. The predicted molar refractivity (Wildman–Crippen MR) is 108 cm³/mol. The summed E-state index contributed by atoms with van der Waals surface area (Å²) in [4.78, 5) is 22.9. The Kier molecular flexibility index (Phi) is 6.98. The van der Waals surface area contributed by atoms with Crippen LogP contribution in [-0.2, 0) is 4.79 Å². The second-order valence-electron chi connectivity index (χ2n) is 5.28. The molecule has 10 heteroatoms. The Hall–Kier alpha value is -3.09. The first-order valence-corrected chi connectivity index (χ1v) is 8.76. The fraction of sp³-hybridized carbons (Fsp3) is 0.111. The summed E-state index contributed by atoms with van der Waals surface area (Å²) in [6.07, 6.45) is 1.32. The molecule has 1 N–H and O–H groups in total. The molecule has 0 radical (unpaired) electrons. The molecule has 0 unspecified atom stereocenters. The van der Waals surface area contributed by atoms with Crippen molar-refractivity contribution < 1.29 is 19.2 Å². The lowest BCUT2D eigenvalue weighted by atomic mass is 10.1. The number of nitro groups is 1. The maximum absolute atomic E-state index is 12.4. The first kappa shape index (κ1) is 21.2. The molecule has 0 aliphatic rings. The second kappa shape index (κ2) is 9.21. The fourth-order valence-electron chi connectivity index (χ4n) is 2.29. The van der Waals surface area contributed by atoms with Crippen molar-refractivity contribution in [3.63, 3.8) is 0 Å². The number of rotatable bonds is 6. The van der Waals surface area contributed by atoms with Gasteiger partial charge in [0.05, 0.1) is 23.6 Å². The monoisotopic (exact) mass is 465 g/mol. The molecule has 0 aliphatic carbocycles. The van der Waals surface area contributed by atoms with E-state index < -0.39 is 10.8 Å². The molecule has 0 spiro atoms. The highest BCUT2D eigenvalue weighted by Crippen LogP contribution is 2.37. The highest BCUT2D eigenvalue weighted by atomic mass is 79.9. The quantitative estimate of drug-likeness (QED) is 0.288. The van der Waals surface area contributed by atoms with Crippen LogP contribution in [0.1, 0.15) is 5.56 Å². The van der Waals surface area contributed by atoms with Crippen LogP contribution >= 0.6 is 27.5 Å². The summed E-state index contributed by atoms with van der Waals surface area (Å²) >= 11 is 9.08. The number of nitrogens with one attached hydrogen (secondary N) is 1. The number of ether oxygens (including phenoxy) is 2. The number of anilines is 1. The molecule has 2 rings (SSSR count). The first-order valence-electron chi connectivity index (χ1n) is 7.59. The van der Waals surface area contributed by atoms with Crippen LogP contribution in [-0.4, -0.2) is 25.1 Å². The lowest BCUT2D eigenvalue weighted by Gasteiger charge is -2.11. The van der Waals surface area contributed by atoms with E-state index in [2.05, 4.69) is 21.2 Å². The normalized spacial score (nSPS) is 10.8. The number of hydrogen-bond acceptors (Lipinski definition) is 6. The Morgan fingerprint density at radius 2 is 2.04 bits per heavy atom. The molecule has 0 fully saturated rings. The number of hydrogen-bond donors (Lipinski definition) is 1. The number of nitriles is 1. The number of carbonyl (C=O) groups excluding carboxylic acids is 1. The van der Waals surface area contributed by atoms with Gasteiger partial charge in [0.1, 0.15) is 17.3 Å². The van der Waals surface area contributed by atoms with E-state index in [0.717, 1.165) is 6.07 Å². The van der Waals surface area contributed by atoms with Gasteiger partial charge in [0, 0.05) is 11.1 Å². The summed E-state index contributed by atoms with van der Waals surface area (Å²) in [6.45, 7) is 0.